The topological polar surface area (TPSA) is 92.5 Å². The maximum Gasteiger partial charge on any atom is 0.251 e. The fourth-order valence-electron chi connectivity index (χ4n) is 3.12. The minimum atomic E-state index is -3.57. The highest BCUT2D eigenvalue weighted by atomic mass is 35.5. The fourth-order valence-corrected chi connectivity index (χ4v) is 4.89. The van der Waals surface area contributed by atoms with Crippen molar-refractivity contribution in [3.63, 3.8) is 0 Å². The van der Waals surface area contributed by atoms with Gasteiger partial charge in [-0.25, -0.2) is 8.42 Å². The zero-order valence-corrected chi connectivity index (χ0v) is 18.1. The van der Waals surface area contributed by atoms with E-state index in [1.54, 1.807) is 19.1 Å². The second-order valence-electron chi connectivity index (χ2n) is 7.20. The number of carbonyl (C=O) groups excluding carboxylic acids is 1. The number of aryl methyl sites for hydroxylation is 1. The standard InChI is InChI=1S/C19H31N3O3S.ClH/c1-4-19(20,5-2)14-21-18(23)16-10-9-15(3)17(13-16)26(24,25)22-11-7-6-8-12-22;/h9-10,13H,4-8,11-12,14,20H2,1-3H3,(H,21,23);1H. The van der Waals surface area contributed by atoms with E-state index in [2.05, 4.69) is 5.32 Å². The lowest BCUT2D eigenvalue weighted by Gasteiger charge is -2.27. The van der Waals surface area contributed by atoms with E-state index in [-0.39, 0.29) is 23.2 Å². The highest BCUT2D eigenvalue weighted by Crippen LogP contribution is 2.24. The van der Waals surface area contributed by atoms with Crippen LogP contribution < -0.4 is 11.1 Å². The maximum absolute atomic E-state index is 13.0. The summed E-state index contributed by atoms with van der Waals surface area (Å²) in [5.74, 6) is -0.295. The summed E-state index contributed by atoms with van der Waals surface area (Å²) in [4.78, 5) is 12.7. The molecule has 3 N–H and O–H groups in total. The number of benzene rings is 1. The Morgan fingerprint density at radius 2 is 1.78 bits per heavy atom. The molecule has 2 rings (SSSR count). The van der Waals surface area contributed by atoms with Gasteiger partial charge in [-0.3, -0.25) is 4.79 Å². The lowest BCUT2D eigenvalue weighted by molar-refractivity contribution is 0.0942. The Balaban J connectivity index is 0.00000364. The molecule has 1 heterocycles. The van der Waals surface area contributed by atoms with E-state index in [0.29, 0.717) is 30.8 Å². The number of piperidine rings is 1. The van der Waals surface area contributed by atoms with Crippen molar-refractivity contribution < 1.29 is 13.2 Å². The predicted molar refractivity (Wildman–Crippen MR) is 111 cm³/mol. The van der Waals surface area contributed by atoms with Gasteiger partial charge in [-0.2, -0.15) is 4.31 Å². The largest absolute Gasteiger partial charge is 0.350 e. The number of sulfonamides is 1. The summed E-state index contributed by atoms with van der Waals surface area (Å²) >= 11 is 0. The molecule has 1 aromatic rings. The normalized spacial score (nSPS) is 15.9. The third-order valence-electron chi connectivity index (χ3n) is 5.39. The van der Waals surface area contributed by atoms with E-state index in [1.165, 1.54) is 10.4 Å². The summed E-state index contributed by atoms with van der Waals surface area (Å²) in [5, 5.41) is 2.85. The molecule has 0 aromatic heterocycles. The van der Waals surface area contributed by atoms with E-state index in [4.69, 9.17) is 5.73 Å². The molecule has 1 saturated heterocycles. The Labute approximate surface area is 169 Å². The molecule has 1 aliphatic heterocycles. The smallest absolute Gasteiger partial charge is 0.251 e. The summed E-state index contributed by atoms with van der Waals surface area (Å²) in [6.45, 7) is 7.19. The number of carbonyl (C=O) groups is 1. The van der Waals surface area contributed by atoms with Gasteiger partial charge in [0, 0.05) is 30.7 Å². The number of hydrogen-bond acceptors (Lipinski definition) is 4. The van der Waals surface area contributed by atoms with Gasteiger partial charge in [0.15, 0.2) is 0 Å². The van der Waals surface area contributed by atoms with Crippen molar-refractivity contribution in [2.45, 2.75) is 63.3 Å². The van der Waals surface area contributed by atoms with Gasteiger partial charge in [0.25, 0.3) is 5.91 Å². The van der Waals surface area contributed by atoms with Gasteiger partial charge in [-0.15, -0.1) is 12.4 Å². The Bertz CT molecular complexity index is 743. The summed E-state index contributed by atoms with van der Waals surface area (Å²) in [7, 11) is -3.57. The number of amides is 1. The molecule has 0 spiro atoms. The summed E-state index contributed by atoms with van der Waals surface area (Å²) < 4.78 is 27.5. The van der Waals surface area contributed by atoms with Crippen LogP contribution in [0.4, 0.5) is 0 Å². The van der Waals surface area contributed by atoms with Gasteiger partial charge in [0.2, 0.25) is 10.0 Å². The first-order valence-corrected chi connectivity index (χ1v) is 10.9. The van der Waals surface area contributed by atoms with Crippen molar-refractivity contribution in [2.24, 2.45) is 5.73 Å². The second-order valence-corrected chi connectivity index (χ2v) is 9.10. The highest BCUT2D eigenvalue weighted by molar-refractivity contribution is 7.89. The monoisotopic (exact) mass is 417 g/mol. The van der Waals surface area contributed by atoms with Crippen LogP contribution in [0.15, 0.2) is 23.1 Å². The number of rotatable bonds is 7. The van der Waals surface area contributed by atoms with Crippen molar-refractivity contribution >= 4 is 28.3 Å². The van der Waals surface area contributed by atoms with Gasteiger partial charge in [0.05, 0.1) is 4.90 Å². The van der Waals surface area contributed by atoms with Crippen molar-refractivity contribution in [3.8, 4) is 0 Å². The minimum Gasteiger partial charge on any atom is -0.350 e. The third kappa shape index (κ3) is 5.67. The van der Waals surface area contributed by atoms with Crippen LogP contribution in [0, 0.1) is 6.92 Å². The average Bonchev–Trinajstić information content (AvgIpc) is 2.66. The van der Waals surface area contributed by atoms with E-state index < -0.39 is 15.6 Å². The number of nitrogens with zero attached hydrogens (tertiary/aromatic N) is 1. The molecular formula is C19H32ClN3O3S. The SMILES string of the molecule is CCC(N)(CC)CNC(=O)c1ccc(C)c(S(=O)(=O)N2CCCCC2)c1.Cl. The molecule has 0 bridgehead atoms. The van der Waals surface area contributed by atoms with Crippen LogP contribution in [0.5, 0.6) is 0 Å². The maximum atomic E-state index is 13.0. The lowest BCUT2D eigenvalue weighted by atomic mass is 9.94. The predicted octanol–water partition coefficient (Wildman–Crippen LogP) is 2.84. The molecular weight excluding hydrogens is 386 g/mol. The van der Waals surface area contributed by atoms with E-state index in [0.717, 1.165) is 32.1 Å². The lowest BCUT2D eigenvalue weighted by Crippen LogP contribution is -2.49. The van der Waals surface area contributed by atoms with Gasteiger partial charge in [-0.1, -0.05) is 26.3 Å². The van der Waals surface area contributed by atoms with Crippen LogP contribution in [0.25, 0.3) is 0 Å². The Kier molecular flexibility index (Phi) is 8.73. The summed E-state index contributed by atoms with van der Waals surface area (Å²) in [6, 6.07) is 4.85. The van der Waals surface area contributed by atoms with Crippen molar-refractivity contribution in [2.75, 3.05) is 19.6 Å². The van der Waals surface area contributed by atoms with Crippen LogP contribution in [0.1, 0.15) is 61.9 Å². The van der Waals surface area contributed by atoms with Crippen LogP contribution >= 0.6 is 12.4 Å². The Morgan fingerprint density at radius 3 is 2.33 bits per heavy atom. The van der Waals surface area contributed by atoms with Crippen molar-refractivity contribution in [1.29, 1.82) is 0 Å². The van der Waals surface area contributed by atoms with E-state index in [1.807, 2.05) is 13.8 Å². The minimum absolute atomic E-state index is 0. The molecule has 0 radical (unpaired) electrons. The second kappa shape index (κ2) is 9.87. The van der Waals surface area contributed by atoms with Gasteiger partial charge < -0.3 is 11.1 Å². The van der Waals surface area contributed by atoms with Crippen LogP contribution in [-0.4, -0.2) is 43.8 Å². The van der Waals surface area contributed by atoms with E-state index >= 15 is 0 Å². The molecule has 1 fully saturated rings. The molecule has 1 amide bonds. The first-order chi connectivity index (χ1) is 12.2. The quantitative estimate of drug-likeness (QED) is 0.713. The zero-order chi connectivity index (χ0) is 19.4. The van der Waals surface area contributed by atoms with Crippen molar-refractivity contribution in [1.82, 2.24) is 9.62 Å². The number of nitrogens with one attached hydrogen (secondary N) is 1. The first kappa shape index (κ1) is 23.9. The molecule has 154 valence electrons. The van der Waals surface area contributed by atoms with Crippen molar-refractivity contribution in [3.05, 3.63) is 29.3 Å². The van der Waals surface area contributed by atoms with Crippen LogP contribution in [-0.2, 0) is 10.0 Å². The van der Waals surface area contributed by atoms with Crippen LogP contribution in [0.2, 0.25) is 0 Å². The molecule has 27 heavy (non-hydrogen) atoms. The molecule has 0 saturated carbocycles. The van der Waals surface area contributed by atoms with Gasteiger partial charge in [-0.05, 0) is 50.3 Å². The van der Waals surface area contributed by atoms with E-state index in [9.17, 15) is 13.2 Å². The Hall–Kier alpha value is -1.15. The van der Waals surface area contributed by atoms with Crippen LogP contribution in [0.3, 0.4) is 0 Å². The fraction of sp³-hybridized carbons (Fsp3) is 0.632. The molecule has 0 aliphatic carbocycles. The number of halogens is 1. The van der Waals surface area contributed by atoms with Gasteiger partial charge >= 0.3 is 0 Å². The number of nitrogens with two attached hydrogens (primary N) is 1. The summed E-state index contributed by atoms with van der Waals surface area (Å²) in [5.41, 5.74) is 6.79. The molecule has 0 atom stereocenters. The molecule has 6 nitrogen and oxygen atoms in total. The first-order valence-electron chi connectivity index (χ1n) is 9.41. The Morgan fingerprint density at radius 1 is 1.19 bits per heavy atom. The number of hydrogen-bond donors (Lipinski definition) is 2. The van der Waals surface area contributed by atoms with Gasteiger partial charge in [0.1, 0.15) is 0 Å². The average molecular weight is 418 g/mol. The molecule has 1 aliphatic rings. The zero-order valence-electron chi connectivity index (χ0n) is 16.5. The third-order valence-corrected chi connectivity index (χ3v) is 7.43. The molecule has 1 aromatic carbocycles. The molecule has 0 unspecified atom stereocenters. The molecule has 8 heteroatoms. The summed E-state index contributed by atoms with van der Waals surface area (Å²) in [6.07, 6.45) is 4.33. The highest BCUT2D eigenvalue weighted by Gasteiger charge is 2.28.